The molecule has 1 heterocycles. The van der Waals surface area contributed by atoms with E-state index in [1.165, 1.54) is 7.11 Å². The van der Waals surface area contributed by atoms with Crippen molar-refractivity contribution in [2.45, 2.75) is 18.9 Å². The van der Waals surface area contributed by atoms with Crippen LogP contribution in [0.1, 0.15) is 18.4 Å². The van der Waals surface area contributed by atoms with Crippen LogP contribution in [0.4, 0.5) is 5.69 Å². The minimum atomic E-state index is -0.179. The highest BCUT2D eigenvalue weighted by molar-refractivity contribution is 5.97. The summed E-state index contributed by atoms with van der Waals surface area (Å²) in [7, 11) is 1.51. The zero-order chi connectivity index (χ0) is 13.0. The summed E-state index contributed by atoms with van der Waals surface area (Å²) < 4.78 is 5.17. The van der Waals surface area contributed by atoms with Crippen molar-refractivity contribution in [1.82, 2.24) is 5.32 Å². The summed E-state index contributed by atoms with van der Waals surface area (Å²) in [5.74, 6) is 0.383. The number of nitrogens with zero attached hydrogens (tertiary/aromatic N) is 1. The number of hydrogen-bond donors (Lipinski definition) is 2. The largest absolute Gasteiger partial charge is 0.495 e. The molecule has 0 bridgehead atoms. The fraction of sp³-hybridized carbons (Fsp3) is 0.385. The van der Waals surface area contributed by atoms with E-state index in [4.69, 9.17) is 10.00 Å². The van der Waals surface area contributed by atoms with Crippen molar-refractivity contribution in [3.63, 3.8) is 0 Å². The summed E-state index contributed by atoms with van der Waals surface area (Å²) in [6, 6.07) is 6.97. The lowest BCUT2D eigenvalue weighted by Gasteiger charge is -2.14. The Morgan fingerprint density at radius 3 is 3.06 bits per heavy atom. The maximum absolute atomic E-state index is 12.0. The third kappa shape index (κ3) is 2.44. The molecule has 0 aliphatic carbocycles. The molecule has 1 aliphatic rings. The molecule has 0 aromatic heterocycles. The number of rotatable bonds is 3. The number of para-hydroxylation sites is 1. The third-order valence-corrected chi connectivity index (χ3v) is 2.99. The van der Waals surface area contributed by atoms with Crippen LogP contribution in [0.3, 0.4) is 0 Å². The van der Waals surface area contributed by atoms with Crippen molar-refractivity contribution < 1.29 is 9.53 Å². The van der Waals surface area contributed by atoms with Gasteiger partial charge in [-0.15, -0.1) is 0 Å². The SMILES string of the molecule is COc1cccc(C#N)c1NC(=O)[C@@H]1CCCN1. The summed E-state index contributed by atoms with van der Waals surface area (Å²) in [6.45, 7) is 0.856. The molecular weight excluding hydrogens is 230 g/mol. The van der Waals surface area contributed by atoms with Crippen molar-refractivity contribution in [3.05, 3.63) is 23.8 Å². The third-order valence-electron chi connectivity index (χ3n) is 2.99. The average molecular weight is 245 g/mol. The highest BCUT2D eigenvalue weighted by Crippen LogP contribution is 2.28. The number of nitriles is 1. The molecule has 5 heteroatoms. The van der Waals surface area contributed by atoms with Gasteiger partial charge in [-0.1, -0.05) is 6.07 Å². The van der Waals surface area contributed by atoms with E-state index in [0.29, 0.717) is 17.0 Å². The van der Waals surface area contributed by atoms with E-state index < -0.39 is 0 Å². The Balaban J connectivity index is 2.22. The molecular formula is C13H15N3O2. The molecule has 5 nitrogen and oxygen atoms in total. The van der Waals surface area contributed by atoms with Crippen molar-refractivity contribution in [3.8, 4) is 11.8 Å². The summed E-state index contributed by atoms with van der Waals surface area (Å²) in [6.07, 6.45) is 1.82. The molecule has 0 spiro atoms. The molecule has 1 amide bonds. The first-order valence-electron chi connectivity index (χ1n) is 5.87. The Morgan fingerprint density at radius 1 is 1.61 bits per heavy atom. The Kier molecular flexibility index (Phi) is 3.80. The van der Waals surface area contributed by atoms with E-state index in [0.717, 1.165) is 19.4 Å². The predicted molar refractivity (Wildman–Crippen MR) is 67.4 cm³/mol. The highest BCUT2D eigenvalue weighted by Gasteiger charge is 2.23. The fourth-order valence-electron chi connectivity index (χ4n) is 2.04. The Hall–Kier alpha value is -2.06. The van der Waals surface area contributed by atoms with Crippen LogP contribution in [-0.4, -0.2) is 25.6 Å². The number of amides is 1. The Morgan fingerprint density at radius 2 is 2.44 bits per heavy atom. The van der Waals surface area contributed by atoms with Gasteiger partial charge in [-0.3, -0.25) is 4.79 Å². The number of benzene rings is 1. The normalized spacial score (nSPS) is 18.1. The van der Waals surface area contributed by atoms with Gasteiger partial charge in [0.25, 0.3) is 0 Å². The molecule has 1 saturated heterocycles. The van der Waals surface area contributed by atoms with Crippen molar-refractivity contribution in [2.24, 2.45) is 0 Å². The predicted octanol–water partition coefficient (Wildman–Crippen LogP) is 1.26. The van der Waals surface area contributed by atoms with Gasteiger partial charge in [-0.05, 0) is 31.5 Å². The van der Waals surface area contributed by atoms with Gasteiger partial charge in [0.1, 0.15) is 17.5 Å². The smallest absolute Gasteiger partial charge is 0.241 e. The van der Waals surface area contributed by atoms with Crippen molar-refractivity contribution >= 4 is 11.6 Å². The number of carbonyl (C=O) groups excluding carboxylic acids is 1. The first-order chi connectivity index (χ1) is 8.76. The number of carbonyl (C=O) groups is 1. The quantitative estimate of drug-likeness (QED) is 0.840. The zero-order valence-corrected chi connectivity index (χ0v) is 10.2. The van der Waals surface area contributed by atoms with Gasteiger partial charge in [-0.2, -0.15) is 5.26 Å². The van der Waals surface area contributed by atoms with E-state index in [9.17, 15) is 4.79 Å². The molecule has 2 rings (SSSR count). The number of methoxy groups -OCH3 is 1. The lowest BCUT2D eigenvalue weighted by Crippen LogP contribution is -2.35. The molecule has 1 aromatic rings. The van der Waals surface area contributed by atoms with Gasteiger partial charge in [0, 0.05) is 0 Å². The molecule has 2 N–H and O–H groups in total. The second-order valence-corrected chi connectivity index (χ2v) is 4.13. The van der Waals surface area contributed by atoms with Crippen molar-refractivity contribution in [1.29, 1.82) is 5.26 Å². The number of nitrogens with one attached hydrogen (secondary N) is 2. The van der Waals surface area contributed by atoms with E-state index in [-0.39, 0.29) is 11.9 Å². The first-order valence-corrected chi connectivity index (χ1v) is 5.87. The number of ether oxygens (including phenoxy) is 1. The van der Waals surface area contributed by atoms with Gasteiger partial charge in [0.05, 0.1) is 18.7 Å². The topological polar surface area (TPSA) is 74.1 Å². The summed E-state index contributed by atoms with van der Waals surface area (Å²) in [5, 5.41) is 14.9. The Labute approximate surface area is 106 Å². The molecule has 1 atom stereocenters. The van der Waals surface area contributed by atoms with Gasteiger partial charge >= 0.3 is 0 Å². The number of hydrogen-bond acceptors (Lipinski definition) is 4. The standard InChI is InChI=1S/C13H15N3O2/c1-18-11-6-2-4-9(8-14)12(11)16-13(17)10-5-3-7-15-10/h2,4,6,10,15H,3,5,7H2,1H3,(H,16,17)/t10-/m0/s1. The highest BCUT2D eigenvalue weighted by atomic mass is 16.5. The lowest BCUT2D eigenvalue weighted by molar-refractivity contribution is -0.117. The van der Waals surface area contributed by atoms with Crippen LogP contribution in [-0.2, 0) is 4.79 Å². The molecule has 0 radical (unpaired) electrons. The van der Waals surface area contributed by atoms with Crippen LogP contribution in [0.25, 0.3) is 0 Å². The molecule has 1 aliphatic heterocycles. The molecule has 94 valence electrons. The first kappa shape index (κ1) is 12.4. The second-order valence-electron chi connectivity index (χ2n) is 4.13. The van der Waals surface area contributed by atoms with E-state index in [1.807, 2.05) is 0 Å². The summed E-state index contributed by atoms with van der Waals surface area (Å²) in [4.78, 5) is 12.0. The average Bonchev–Trinajstić information content (AvgIpc) is 2.93. The summed E-state index contributed by atoms with van der Waals surface area (Å²) in [5.41, 5.74) is 0.849. The summed E-state index contributed by atoms with van der Waals surface area (Å²) >= 11 is 0. The second kappa shape index (κ2) is 5.52. The zero-order valence-electron chi connectivity index (χ0n) is 10.2. The Bertz CT molecular complexity index is 487. The van der Waals surface area contributed by atoms with Crippen LogP contribution in [0.5, 0.6) is 5.75 Å². The van der Waals surface area contributed by atoms with E-state index >= 15 is 0 Å². The van der Waals surface area contributed by atoms with E-state index in [1.54, 1.807) is 18.2 Å². The number of anilines is 1. The van der Waals surface area contributed by atoms with Crippen LogP contribution >= 0.6 is 0 Å². The van der Waals surface area contributed by atoms with E-state index in [2.05, 4.69) is 16.7 Å². The maximum Gasteiger partial charge on any atom is 0.241 e. The molecule has 18 heavy (non-hydrogen) atoms. The van der Waals surface area contributed by atoms with Crippen LogP contribution in [0, 0.1) is 11.3 Å². The maximum atomic E-state index is 12.0. The lowest BCUT2D eigenvalue weighted by atomic mass is 10.1. The van der Waals surface area contributed by atoms with Gasteiger partial charge in [-0.25, -0.2) is 0 Å². The molecule has 0 saturated carbocycles. The molecule has 0 unspecified atom stereocenters. The van der Waals surface area contributed by atoms with Gasteiger partial charge in [0.15, 0.2) is 0 Å². The minimum absolute atomic E-state index is 0.117. The molecule has 1 fully saturated rings. The van der Waals surface area contributed by atoms with Crippen LogP contribution in [0.2, 0.25) is 0 Å². The van der Waals surface area contributed by atoms with Gasteiger partial charge in [0.2, 0.25) is 5.91 Å². The van der Waals surface area contributed by atoms with Crippen LogP contribution < -0.4 is 15.4 Å². The van der Waals surface area contributed by atoms with Crippen molar-refractivity contribution in [2.75, 3.05) is 19.0 Å². The fourth-order valence-corrected chi connectivity index (χ4v) is 2.04. The monoisotopic (exact) mass is 245 g/mol. The van der Waals surface area contributed by atoms with Gasteiger partial charge < -0.3 is 15.4 Å². The minimum Gasteiger partial charge on any atom is -0.495 e. The van der Waals surface area contributed by atoms with Crippen LogP contribution in [0.15, 0.2) is 18.2 Å². The molecule has 1 aromatic carbocycles.